The van der Waals surface area contributed by atoms with Gasteiger partial charge in [-0.05, 0) is 48.6 Å². The Morgan fingerprint density at radius 3 is 2.61 bits per heavy atom. The van der Waals surface area contributed by atoms with Crippen LogP contribution in [-0.4, -0.2) is 16.2 Å². The van der Waals surface area contributed by atoms with Crippen LogP contribution in [0.1, 0.15) is 36.4 Å². The van der Waals surface area contributed by atoms with Crippen molar-refractivity contribution in [2.45, 2.75) is 25.2 Å². The number of nitrogens with zero attached hydrogens (tertiary/aromatic N) is 2. The highest BCUT2D eigenvalue weighted by molar-refractivity contribution is 6.33. The van der Waals surface area contributed by atoms with Gasteiger partial charge in [0.2, 0.25) is 5.95 Å². The lowest BCUT2D eigenvalue weighted by Gasteiger charge is -2.10. The third-order valence-corrected chi connectivity index (χ3v) is 5.59. The number of nitrogen functional groups attached to an aromatic ring is 1. The van der Waals surface area contributed by atoms with Gasteiger partial charge in [-0.2, -0.15) is 0 Å². The fourth-order valence-corrected chi connectivity index (χ4v) is 3.77. The Morgan fingerprint density at radius 2 is 1.93 bits per heavy atom. The summed E-state index contributed by atoms with van der Waals surface area (Å²) in [4.78, 5) is 16.3. The summed E-state index contributed by atoms with van der Waals surface area (Å²) < 4.78 is 6.94. The number of ether oxygens (including phenoxy) is 1. The normalized spacial score (nSPS) is 18.1. The van der Waals surface area contributed by atoms with Crippen LogP contribution in [0.5, 0.6) is 5.75 Å². The largest absolute Gasteiger partial charge is 0.494 e. The van der Waals surface area contributed by atoms with Gasteiger partial charge in [0, 0.05) is 29.6 Å². The highest BCUT2D eigenvalue weighted by atomic mass is 35.5. The Kier molecular flexibility index (Phi) is 4.85. The van der Waals surface area contributed by atoms with Crippen molar-refractivity contribution < 1.29 is 4.74 Å². The molecule has 3 aromatic rings. The zero-order chi connectivity index (χ0) is 19.8. The van der Waals surface area contributed by atoms with Crippen LogP contribution in [0, 0.1) is 0 Å². The number of halogens is 1. The molecular weight excluding hydrogens is 374 g/mol. The number of hydrogen-bond donors (Lipinski definition) is 1. The first kappa shape index (κ1) is 18.6. The molecule has 1 aliphatic carbocycles. The molecular formula is C22H22ClN3O2. The molecule has 0 saturated heterocycles. The van der Waals surface area contributed by atoms with Crippen molar-refractivity contribution in [3.8, 4) is 16.9 Å². The van der Waals surface area contributed by atoms with Gasteiger partial charge in [-0.1, -0.05) is 35.9 Å². The average Bonchev–Trinajstić information content (AvgIpc) is 3.48. The van der Waals surface area contributed by atoms with Gasteiger partial charge in [0.1, 0.15) is 5.75 Å². The SMILES string of the molecule is CCOc1ccc(Cl)c(-c2ccc([C@@H]3C[C@@H]3c3cc(=O)n(C)c(N)n3)cc2)c1. The molecule has 0 aliphatic heterocycles. The predicted octanol–water partition coefficient (Wildman–Crippen LogP) is 4.35. The van der Waals surface area contributed by atoms with Crippen molar-refractivity contribution in [2.75, 3.05) is 12.3 Å². The summed E-state index contributed by atoms with van der Waals surface area (Å²) in [6.07, 6.45) is 0.972. The molecule has 6 heteroatoms. The molecule has 0 radical (unpaired) electrons. The molecule has 2 aromatic carbocycles. The zero-order valence-electron chi connectivity index (χ0n) is 15.9. The fraction of sp³-hybridized carbons (Fsp3) is 0.273. The van der Waals surface area contributed by atoms with E-state index in [4.69, 9.17) is 22.1 Å². The minimum Gasteiger partial charge on any atom is -0.494 e. The third kappa shape index (κ3) is 3.50. The molecule has 5 nitrogen and oxygen atoms in total. The minimum absolute atomic E-state index is 0.118. The first-order chi connectivity index (χ1) is 13.5. The van der Waals surface area contributed by atoms with E-state index in [9.17, 15) is 4.79 Å². The van der Waals surface area contributed by atoms with E-state index in [0.29, 0.717) is 17.5 Å². The molecule has 1 heterocycles. The molecule has 2 atom stereocenters. The Labute approximate surface area is 168 Å². The maximum absolute atomic E-state index is 12.0. The predicted molar refractivity (Wildman–Crippen MR) is 112 cm³/mol. The van der Waals surface area contributed by atoms with E-state index in [1.165, 1.54) is 10.1 Å². The molecule has 0 bridgehead atoms. The van der Waals surface area contributed by atoms with E-state index >= 15 is 0 Å². The number of aromatic nitrogens is 2. The van der Waals surface area contributed by atoms with Crippen LogP contribution in [0.15, 0.2) is 53.3 Å². The Morgan fingerprint density at radius 1 is 1.18 bits per heavy atom. The Balaban J connectivity index is 1.55. The zero-order valence-corrected chi connectivity index (χ0v) is 16.6. The molecule has 2 N–H and O–H groups in total. The Hall–Kier alpha value is -2.79. The van der Waals surface area contributed by atoms with Crippen LogP contribution < -0.4 is 16.0 Å². The molecule has 28 heavy (non-hydrogen) atoms. The molecule has 0 unspecified atom stereocenters. The number of anilines is 1. The number of nitrogens with two attached hydrogens (primary N) is 1. The quantitative estimate of drug-likeness (QED) is 0.697. The Bertz CT molecular complexity index is 1080. The molecule has 0 amide bonds. The van der Waals surface area contributed by atoms with Crippen molar-refractivity contribution in [2.24, 2.45) is 7.05 Å². The van der Waals surface area contributed by atoms with Gasteiger partial charge in [0.15, 0.2) is 0 Å². The van der Waals surface area contributed by atoms with Gasteiger partial charge in [-0.3, -0.25) is 9.36 Å². The highest BCUT2D eigenvalue weighted by Crippen LogP contribution is 2.54. The van der Waals surface area contributed by atoms with Crippen LogP contribution in [0.4, 0.5) is 5.95 Å². The van der Waals surface area contributed by atoms with E-state index in [-0.39, 0.29) is 17.4 Å². The van der Waals surface area contributed by atoms with Gasteiger partial charge in [0.05, 0.1) is 12.3 Å². The van der Waals surface area contributed by atoms with Gasteiger partial charge in [-0.15, -0.1) is 0 Å². The van der Waals surface area contributed by atoms with Crippen LogP contribution >= 0.6 is 11.6 Å². The summed E-state index contributed by atoms with van der Waals surface area (Å²) in [5.41, 5.74) is 9.72. The lowest BCUT2D eigenvalue weighted by molar-refractivity contribution is 0.340. The number of hydrogen-bond acceptors (Lipinski definition) is 4. The van der Waals surface area contributed by atoms with Crippen molar-refractivity contribution in [1.29, 1.82) is 0 Å². The first-order valence-corrected chi connectivity index (χ1v) is 9.72. The van der Waals surface area contributed by atoms with Crippen molar-refractivity contribution >= 4 is 17.5 Å². The second kappa shape index (κ2) is 7.32. The lowest BCUT2D eigenvalue weighted by Crippen LogP contribution is -2.21. The van der Waals surface area contributed by atoms with Crippen LogP contribution in [0.3, 0.4) is 0 Å². The number of rotatable bonds is 5. The van der Waals surface area contributed by atoms with E-state index < -0.39 is 0 Å². The van der Waals surface area contributed by atoms with Crippen molar-refractivity contribution in [3.63, 3.8) is 0 Å². The summed E-state index contributed by atoms with van der Waals surface area (Å²) >= 11 is 6.38. The van der Waals surface area contributed by atoms with Gasteiger partial charge in [0.25, 0.3) is 5.56 Å². The third-order valence-electron chi connectivity index (χ3n) is 5.26. The smallest absolute Gasteiger partial charge is 0.254 e. The van der Waals surface area contributed by atoms with Crippen molar-refractivity contribution in [1.82, 2.24) is 9.55 Å². The topological polar surface area (TPSA) is 70.1 Å². The molecule has 1 fully saturated rings. The second-order valence-corrected chi connectivity index (χ2v) is 7.49. The molecule has 4 rings (SSSR count). The van der Waals surface area contributed by atoms with E-state index in [1.54, 1.807) is 13.1 Å². The summed E-state index contributed by atoms with van der Waals surface area (Å²) in [5.74, 6) is 1.67. The van der Waals surface area contributed by atoms with Gasteiger partial charge in [-0.25, -0.2) is 4.98 Å². The monoisotopic (exact) mass is 395 g/mol. The maximum Gasteiger partial charge on any atom is 0.254 e. The van der Waals surface area contributed by atoms with Gasteiger partial charge >= 0.3 is 0 Å². The van der Waals surface area contributed by atoms with E-state index in [2.05, 4.69) is 29.2 Å². The van der Waals surface area contributed by atoms with E-state index in [0.717, 1.165) is 29.0 Å². The highest BCUT2D eigenvalue weighted by Gasteiger charge is 2.41. The molecule has 0 spiro atoms. The molecule has 1 aromatic heterocycles. The van der Waals surface area contributed by atoms with Gasteiger partial charge < -0.3 is 10.5 Å². The standard InChI is InChI=1S/C22H22ClN3O2/c1-3-28-15-8-9-19(23)17(10-15)14-6-4-13(5-7-14)16-11-18(16)20-12-21(27)26(2)22(24)25-20/h4-10,12,16,18H,3,11H2,1-2H3,(H2,24,25)/t16-,18-/m0/s1. The average molecular weight is 396 g/mol. The molecule has 1 aliphatic rings. The van der Waals surface area contributed by atoms with Crippen molar-refractivity contribution in [3.05, 3.63) is 75.2 Å². The minimum atomic E-state index is -0.118. The second-order valence-electron chi connectivity index (χ2n) is 7.08. The first-order valence-electron chi connectivity index (χ1n) is 9.34. The lowest BCUT2D eigenvalue weighted by atomic mass is 10.0. The molecule has 1 saturated carbocycles. The maximum atomic E-state index is 12.0. The van der Waals surface area contributed by atoms with E-state index in [1.807, 2.05) is 25.1 Å². The van der Waals surface area contributed by atoms with Crippen LogP contribution in [0.2, 0.25) is 5.02 Å². The van der Waals surface area contributed by atoms with Crippen LogP contribution in [-0.2, 0) is 7.05 Å². The number of benzene rings is 2. The summed E-state index contributed by atoms with van der Waals surface area (Å²) in [6, 6.07) is 15.7. The molecule has 144 valence electrons. The fourth-order valence-electron chi connectivity index (χ4n) is 3.55. The van der Waals surface area contributed by atoms with Crippen LogP contribution in [0.25, 0.3) is 11.1 Å². The summed E-state index contributed by atoms with van der Waals surface area (Å²) in [5, 5.41) is 0.695. The summed E-state index contributed by atoms with van der Waals surface area (Å²) in [7, 11) is 1.63. The summed E-state index contributed by atoms with van der Waals surface area (Å²) in [6.45, 7) is 2.57.